The number of methoxy groups -OCH3 is 1. The summed E-state index contributed by atoms with van der Waals surface area (Å²) in [6.45, 7) is 0.197. The van der Waals surface area contributed by atoms with Gasteiger partial charge in [0.1, 0.15) is 6.61 Å². The summed E-state index contributed by atoms with van der Waals surface area (Å²) in [4.78, 5) is 4.14. The number of aromatic nitrogens is 1. The van der Waals surface area contributed by atoms with Crippen molar-refractivity contribution in [3.05, 3.63) is 41.1 Å². The molecule has 2 aromatic rings. The number of aliphatic hydroxyl groups excluding tert-OH is 1. The Bertz CT molecular complexity index is 560. The summed E-state index contributed by atoms with van der Waals surface area (Å²) in [6.07, 6.45) is 3.51. The van der Waals surface area contributed by atoms with E-state index < -0.39 is 0 Å². The lowest BCUT2D eigenvalue weighted by Gasteiger charge is -2.11. The lowest BCUT2D eigenvalue weighted by atomic mass is 10.1. The minimum atomic E-state index is -0.0359. The third-order valence-corrected chi connectivity index (χ3v) is 2.98. The second-order valence-corrected chi connectivity index (χ2v) is 4.75. The van der Waals surface area contributed by atoms with Gasteiger partial charge in [-0.05, 0) is 39.7 Å². The summed E-state index contributed by atoms with van der Waals surface area (Å²) in [5, 5.41) is 8.83. The largest absolute Gasteiger partial charge is 0.493 e. The quantitative estimate of drug-likeness (QED) is 0.919. The van der Waals surface area contributed by atoms with Crippen LogP contribution < -0.4 is 9.47 Å². The van der Waals surface area contributed by atoms with Gasteiger partial charge in [0.05, 0.1) is 13.7 Å². The number of pyridine rings is 1. The third-order valence-electron chi connectivity index (χ3n) is 2.55. The zero-order valence-electron chi connectivity index (χ0n) is 10.5. The van der Waals surface area contributed by atoms with Crippen LogP contribution in [0.25, 0.3) is 11.1 Å². The first kappa shape index (κ1) is 13.8. The fourth-order valence-electron chi connectivity index (χ4n) is 1.69. The van der Waals surface area contributed by atoms with Gasteiger partial charge in [0.2, 0.25) is 0 Å². The lowest BCUT2D eigenvalue weighted by molar-refractivity contribution is 0.196. The van der Waals surface area contributed by atoms with Gasteiger partial charge < -0.3 is 14.6 Å². The molecule has 0 bridgehead atoms. The van der Waals surface area contributed by atoms with E-state index in [0.717, 1.165) is 15.6 Å². The molecule has 2 rings (SSSR count). The normalized spacial score (nSPS) is 10.3. The Morgan fingerprint density at radius 3 is 2.68 bits per heavy atom. The minimum absolute atomic E-state index is 0.0359. The molecule has 0 amide bonds. The van der Waals surface area contributed by atoms with Crippen LogP contribution in [0.3, 0.4) is 0 Å². The van der Waals surface area contributed by atoms with Gasteiger partial charge in [-0.1, -0.05) is 6.07 Å². The van der Waals surface area contributed by atoms with Crippen molar-refractivity contribution in [1.82, 2.24) is 4.98 Å². The monoisotopic (exact) mass is 323 g/mol. The molecule has 0 radical (unpaired) electrons. The van der Waals surface area contributed by atoms with Crippen LogP contribution in [-0.4, -0.2) is 30.4 Å². The van der Waals surface area contributed by atoms with Crippen molar-refractivity contribution in [3.8, 4) is 22.6 Å². The molecule has 0 aliphatic rings. The Balaban J connectivity index is 2.36. The van der Waals surface area contributed by atoms with Crippen LogP contribution in [0.5, 0.6) is 11.5 Å². The molecule has 0 aliphatic carbocycles. The first-order valence-corrected chi connectivity index (χ1v) is 6.56. The smallest absolute Gasteiger partial charge is 0.161 e. The standard InChI is InChI=1S/C14H14BrNO3/c1-18-13-3-2-10(7-14(13)19-5-4-17)11-6-12(15)9-16-8-11/h2-3,6-9,17H,4-5H2,1H3. The van der Waals surface area contributed by atoms with Gasteiger partial charge in [-0.2, -0.15) is 0 Å². The fraction of sp³-hybridized carbons (Fsp3) is 0.214. The number of halogens is 1. The van der Waals surface area contributed by atoms with E-state index in [-0.39, 0.29) is 13.2 Å². The van der Waals surface area contributed by atoms with Crippen LogP contribution in [0.1, 0.15) is 0 Å². The van der Waals surface area contributed by atoms with Crippen molar-refractivity contribution in [2.75, 3.05) is 20.3 Å². The van der Waals surface area contributed by atoms with E-state index in [0.29, 0.717) is 11.5 Å². The molecule has 0 atom stereocenters. The van der Waals surface area contributed by atoms with Gasteiger partial charge in [-0.25, -0.2) is 0 Å². The highest BCUT2D eigenvalue weighted by Gasteiger charge is 2.07. The van der Waals surface area contributed by atoms with E-state index in [2.05, 4.69) is 20.9 Å². The van der Waals surface area contributed by atoms with Crippen molar-refractivity contribution in [3.63, 3.8) is 0 Å². The molecular weight excluding hydrogens is 310 g/mol. The van der Waals surface area contributed by atoms with Crippen molar-refractivity contribution < 1.29 is 14.6 Å². The highest BCUT2D eigenvalue weighted by atomic mass is 79.9. The molecule has 1 N–H and O–H groups in total. The predicted octanol–water partition coefficient (Wildman–Crippen LogP) is 2.89. The van der Waals surface area contributed by atoms with Crippen LogP contribution in [0.2, 0.25) is 0 Å². The van der Waals surface area contributed by atoms with Gasteiger partial charge in [-0.15, -0.1) is 0 Å². The van der Waals surface area contributed by atoms with E-state index in [1.807, 2.05) is 24.3 Å². The Labute approximate surface area is 120 Å². The molecule has 0 saturated carbocycles. The molecule has 0 spiro atoms. The molecule has 0 fully saturated rings. The second-order valence-electron chi connectivity index (χ2n) is 3.83. The van der Waals surface area contributed by atoms with Gasteiger partial charge in [0, 0.05) is 22.4 Å². The van der Waals surface area contributed by atoms with Gasteiger partial charge >= 0.3 is 0 Å². The van der Waals surface area contributed by atoms with Crippen LogP contribution in [0.15, 0.2) is 41.1 Å². The average Bonchev–Trinajstić information content (AvgIpc) is 2.44. The fourth-order valence-corrected chi connectivity index (χ4v) is 2.06. The van der Waals surface area contributed by atoms with Crippen molar-refractivity contribution in [1.29, 1.82) is 0 Å². The molecule has 19 heavy (non-hydrogen) atoms. The Morgan fingerprint density at radius 1 is 1.16 bits per heavy atom. The lowest BCUT2D eigenvalue weighted by Crippen LogP contribution is -2.03. The number of nitrogens with zero attached hydrogens (tertiary/aromatic N) is 1. The molecule has 4 nitrogen and oxygen atoms in total. The SMILES string of the molecule is COc1ccc(-c2cncc(Br)c2)cc1OCCO. The zero-order valence-corrected chi connectivity index (χ0v) is 12.1. The third kappa shape index (κ3) is 3.45. The number of hydrogen-bond donors (Lipinski definition) is 1. The minimum Gasteiger partial charge on any atom is -0.493 e. The summed E-state index contributed by atoms with van der Waals surface area (Å²) in [5.74, 6) is 1.24. The van der Waals surface area contributed by atoms with Crippen LogP contribution in [0, 0.1) is 0 Å². The maximum absolute atomic E-state index is 8.83. The van der Waals surface area contributed by atoms with Crippen molar-refractivity contribution in [2.24, 2.45) is 0 Å². The highest BCUT2D eigenvalue weighted by molar-refractivity contribution is 9.10. The topological polar surface area (TPSA) is 51.6 Å². The van der Waals surface area contributed by atoms with Gasteiger partial charge in [-0.3, -0.25) is 4.98 Å². The Morgan fingerprint density at radius 2 is 2.00 bits per heavy atom. The van der Waals surface area contributed by atoms with Crippen molar-refractivity contribution >= 4 is 15.9 Å². The van der Waals surface area contributed by atoms with E-state index >= 15 is 0 Å². The van der Waals surface area contributed by atoms with Gasteiger partial charge in [0.25, 0.3) is 0 Å². The maximum Gasteiger partial charge on any atom is 0.161 e. The molecule has 5 heteroatoms. The van der Waals surface area contributed by atoms with Gasteiger partial charge in [0.15, 0.2) is 11.5 Å². The molecule has 1 heterocycles. The molecule has 0 aliphatic heterocycles. The summed E-state index contributed by atoms with van der Waals surface area (Å²) in [7, 11) is 1.58. The first-order chi connectivity index (χ1) is 9.24. The Kier molecular flexibility index (Phi) is 4.76. The molecule has 100 valence electrons. The number of aliphatic hydroxyl groups is 1. The number of ether oxygens (including phenoxy) is 2. The summed E-state index contributed by atoms with van der Waals surface area (Å²) >= 11 is 3.40. The summed E-state index contributed by atoms with van der Waals surface area (Å²) in [5.41, 5.74) is 1.95. The molecule has 0 unspecified atom stereocenters. The molecule has 1 aromatic heterocycles. The number of rotatable bonds is 5. The van der Waals surface area contributed by atoms with Crippen LogP contribution in [-0.2, 0) is 0 Å². The Hall–Kier alpha value is -1.59. The van der Waals surface area contributed by atoms with Crippen LogP contribution >= 0.6 is 15.9 Å². The first-order valence-electron chi connectivity index (χ1n) is 5.77. The molecular formula is C14H14BrNO3. The second kappa shape index (κ2) is 6.54. The summed E-state index contributed by atoms with van der Waals surface area (Å²) in [6, 6.07) is 7.62. The molecule has 1 aromatic carbocycles. The maximum atomic E-state index is 8.83. The number of benzene rings is 1. The highest BCUT2D eigenvalue weighted by Crippen LogP contribution is 2.32. The van der Waals surface area contributed by atoms with E-state index in [9.17, 15) is 0 Å². The van der Waals surface area contributed by atoms with E-state index in [4.69, 9.17) is 14.6 Å². The van der Waals surface area contributed by atoms with E-state index in [1.54, 1.807) is 19.5 Å². The zero-order chi connectivity index (χ0) is 13.7. The summed E-state index contributed by atoms with van der Waals surface area (Å²) < 4.78 is 11.6. The number of hydrogen-bond acceptors (Lipinski definition) is 4. The van der Waals surface area contributed by atoms with E-state index in [1.165, 1.54) is 0 Å². The van der Waals surface area contributed by atoms with Crippen LogP contribution in [0.4, 0.5) is 0 Å². The molecule has 0 saturated heterocycles. The van der Waals surface area contributed by atoms with Crippen molar-refractivity contribution in [2.45, 2.75) is 0 Å². The average molecular weight is 324 g/mol. The predicted molar refractivity (Wildman–Crippen MR) is 76.5 cm³/mol.